The van der Waals surface area contributed by atoms with Gasteiger partial charge in [0.25, 0.3) is 0 Å². The summed E-state index contributed by atoms with van der Waals surface area (Å²) in [5.74, 6) is -1.29. The standard InChI is InChI=1S/C18H16Cl2N2O3/c19-11-5-6-13(12(20)7-11)21-14(23)8-22-17(24)15-9-1-2-10(4-3-9)16(15)18(22)25/h1-2,5-7,9-10,15-16H,3-4,8H2,(H,21,23)/t9-,10-,15-,16+/m0/s1. The average Bonchev–Trinajstić information content (AvgIpc) is 2.85. The predicted molar refractivity (Wildman–Crippen MR) is 94.1 cm³/mol. The summed E-state index contributed by atoms with van der Waals surface area (Å²) >= 11 is 11.9. The summed E-state index contributed by atoms with van der Waals surface area (Å²) in [5, 5.41) is 3.39. The number of benzene rings is 1. The van der Waals surface area contributed by atoms with Crippen LogP contribution in [0.1, 0.15) is 12.8 Å². The Morgan fingerprint density at radius 1 is 1.08 bits per heavy atom. The number of fused-ring (bicyclic) bond motifs is 1. The van der Waals surface area contributed by atoms with Gasteiger partial charge in [0.05, 0.1) is 22.5 Å². The molecule has 1 aromatic rings. The maximum atomic E-state index is 12.7. The Balaban J connectivity index is 1.48. The average molecular weight is 379 g/mol. The van der Waals surface area contributed by atoms with Gasteiger partial charge in [-0.2, -0.15) is 0 Å². The summed E-state index contributed by atoms with van der Waals surface area (Å²) in [6, 6.07) is 4.70. The number of anilines is 1. The number of hydrogen-bond acceptors (Lipinski definition) is 3. The molecular formula is C18H16Cl2N2O3. The highest BCUT2D eigenvalue weighted by atomic mass is 35.5. The van der Waals surface area contributed by atoms with Gasteiger partial charge in [-0.3, -0.25) is 19.3 Å². The molecule has 130 valence electrons. The SMILES string of the molecule is O=C(CN1C(=O)[C@@H]2[C@H](C1=O)[C@H]1C=C[C@H]2CC1)Nc1ccc(Cl)cc1Cl. The lowest BCUT2D eigenvalue weighted by Gasteiger charge is -2.38. The molecule has 1 aliphatic heterocycles. The molecular weight excluding hydrogens is 363 g/mol. The number of halogens is 2. The maximum absolute atomic E-state index is 12.7. The van der Waals surface area contributed by atoms with Crippen molar-refractivity contribution in [3.8, 4) is 0 Å². The second-order valence-electron chi connectivity index (χ2n) is 6.78. The molecule has 3 amide bonds. The topological polar surface area (TPSA) is 66.5 Å². The third kappa shape index (κ3) is 2.75. The number of likely N-dealkylation sites (tertiary alicyclic amines) is 1. The molecule has 5 rings (SSSR count). The molecule has 1 aromatic carbocycles. The number of nitrogens with one attached hydrogen (secondary N) is 1. The van der Waals surface area contributed by atoms with E-state index in [0.29, 0.717) is 15.7 Å². The fourth-order valence-electron chi connectivity index (χ4n) is 4.22. The van der Waals surface area contributed by atoms with Crippen molar-refractivity contribution < 1.29 is 14.4 Å². The molecule has 25 heavy (non-hydrogen) atoms. The Labute approximate surface area is 155 Å². The van der Waals surface area contributed by atoms with E-state index in [4.69, 9.17) is 23.2 Å². The van der Waals surface area contributed by atoms with Crippen LogP contribution in [0.5, 0.6) is 0 Å². The Bertz CT molecular complexity index is 776. The summed E-state index contributed by atoms with van der Waals surface area (Å²) in [4.78, 5) is 38.8. The lowest BCUT2D eigenvalue weighted by molar-refractivity contribution is -0.142. The number of amides is 3. The van der Waals surface area contributed by atoms with Gasteiger partial charge < -0.3 is 5.32 Å². The molecule has 1 N–H and O–H groups in total. The van der Waals surface area contributed by atoms with Crippen molar-refractivity contribution in [2.24, 2.45) is 23.7 Å². The second-order valence-corrected chi connectivity index (χ2v) is 7.62. The normalized spacial score (nSPS) is 29.9. The monoisotopic (exact) mass is 378 g/mol. The molecule has 4 atom stereocenters. The van der Waals surface area contributed by atoms with Crippen LogP contribution in [0.15, 0.2) is 30.4 Å². The molecule has 1 saturated heterocycles. The summed E-state index contributed by atoms with van der Waals surface area (Å²) in [6.07, 6.45) is 5.97. The first-order chi connectivity index (χ1) is 12.0. The number of nitrogens with zero attached hydrogens (tertiary/aromatic N) is 1. The highest BCUT2D eigenvalue weighted by molar-refractivity contribution is 6.36. The molecule has 7 heteroatoms. The van der Waals surface area contributed by atoms with Crippen LogP contribution in [-0.4, -0.2) is 29.2 Å². The number of allylic oxidation sites excluding steroid dienone is 2. The van der Waals surface area contributed by atoms with Crippen LogP contribution in [0.3, 0.4) is 0 Å². The van der Waals surface area contributed by atoms with Crippen molar-refractivity contribution in [1.82, 2.24) is 4.90 Å². The molecule has 0 radical (unpaired) electrons. The molecule has 1 saturated carbocycles. The first kappa shape index (κ1) is 16.6. The van der Waals surface area contributed by atoms with Gasteiger partial charge in [-0.1, -0.05) is 35.4 Å². The smallest absolute Gasteiger partial charge is 0.244 e. The molecule has 1 heterocycles. The Hall–Kier alpha value is -1.85. The Kier molecular flexibility index (Phi) is 4.08. The van der Waals surface area contributed by atoms with Crippen LogP contribution >= 0.6 is 23.2 Å². The number of rotatable bonds is 3. The van der Waals surface area contributed by atoms with Gasteiger partial charge in [0.15, 0.2) is 0 Å². The van der Waals surface area contributed by atoms with Crippen molar-refractivity contribution in [1.29, 1.82) is 0 Å². The van der Waals surface area contributed by atoms with E-state index in [9.17, 15) is 14.4 Å². The summed E-state index contributed by atoms with van der Waals surface area (Å²) in [6.45, 7) is -0.289. The largest absolute Gasteiger partial charge is 0.323 e. The molecule has 5 nitrogen and oxygen atoms in total. The first-order valence-corrected chi connectivity index (χ1v) is 9.00. The molecule has 2 bridgehead atoms. The van der Waals surface area contributed by atoms with E-state index in [0.717, 1.165) is 17.7 Å². The highest BCUT2D eigenvalue weighted by Gasteiger charge is 2.56. The maximum Gasteiger partial charge on any atom is 0.244 e. The second kappa shape index (κ2) is 6.15. The highest BCUT2D eigenvalue weighted by Crippen LogP contribution is 2.49. The van der Waals surface area contributed by atoms with E-state index in [1.165, 1.54) is 6.07 Å². The van der Waals surface area contributed by atoms with E-state index in [2.05, 4.69) is 17.5 Å². The number of carbonyl (C=O) groups is 3. The number of imide groups is 1. The zero-order valence-corrected chi connectivity index (χ0v) is 14.8. The molecule has 0 unspecified atom stereocenters. The third-order valence-corrected chi connectivity index (χ3v) is 5.91. The fourth-order valence-corrected chi connectivity index (χ4v) is 4.67. The van der Waals surface area contributed by atoms with Crippen LogP contribution < -0.4 is 5.32 Å². The van der Waals surface area contributed by atoms with E-state index in [1.807, 2.05) is 0 Å². The van der Waals surface area contributed by atoms with E-state index in [-0.39, 0.29) is 42.0 Å². The number of carbonyl (C=O) groups excluding carboxylic acids is 3. The molecule has 3 aliphatic carbocycles. The van der Waals surface area contributed by atoms with Crippen LogP contribution in [-0.2, 0) is 14.4 Å². The lowest BCUT2D eigenvalue weighted by Crippen LogP contribution is -2.38. The van der Waals surface area contributed by atoms with Crippen molar-refractivity contribution in [3.63, 3.8) is 0 Å². The third-order valence-electron chi connectivity index (χ3n) is 5.36. The summed E-state index contributed by atoms with van der Waals surface area (Å²) in [5.41, 5.74) is 0.398. The zero-order valence-electron chi connectivity index (χ0n) is 13.2. The van der Waals surface area contributed by atoms with Crippen LogP contribution in [0.25, 0.3) is 0 Å². The summed E-state index contributed by atoms with van der Waals surface area (Å²) in [7, 11) is 0. The van der Waals surface area contributed by atoms with Gasteiger partial charge in [-0.15, -0.1) is 0 Å². The zero-order chi connectivity index (χ0) is 17.7. The van der Waals surface area contributed by atoms with Gasteiger partial charge in [0, 0.05) is 5.02 Å². The fraction of sp³-hybridized carbons (Fsp3) is 0.389. The molecule has 2 fully saturated rings. The quantitative estimate of drug-likeness (QED) is 0.648. The van der Waals surface area contributed by atoms with Gasteiger partial charge in [-0.25, -0.2) is 0 Å². The molecule has 4 aliphatic rings. The van der Waals surface area contributed by atoms with Crippen LogP contribution in [0.4, 0.5) is 5.69 Å². The van der Waals surface area contributed by atoms with Crippen LogP contribution in [0.2, 0.25) is 10.0 Å². The van der Waals surface area contributed by atoms with Crippen molar-refractivity contribution in [2.45, 2.75) is 12.8 Å². The summed E-state index contributed by atoms with van der Waals surface area (Å²) < 4.78 is 0. The van der Waals surface area contributed by atoms with Gasteiger partial charge in [0.2, 0.25) is 17.7 Å². The minimum Gasteiger partial charge on any atom is -0.323 e. The molecule has 0 aromatic heterocycles. The van der Waals surface area contributed by atoms with Crippen molar-refractivity contribution in [3.05, 3.63) is 40.4 Å². The van der Waals surface area contributed by atoms with Crippen molar-refractivity contribution in [2.75, 3.05) is 11.9 Å². The van der Waals surface area contributed by atoms with Crippen LogP contribution in [0, 0.1) is 23.7 Å². The van der Waals surface area contributed by atoms with Crippen molar-refractivity contribution >= 4 is 46.6 Å². The first-order valence-electron chi connectivity index (χ1n) is 8.24. The van der Waals surface area contributed by atoms with Gasteiger partial charge in [-0.05, 0) is 42.9 Å². The Morgan fingerprint density at radius 3 is 2.20 bits per heavy atom. The Morgan fingerprint density at radius 2 is 1.68 bits per heavy atom. The van der Waals surface area contributed by atoms with E-state index >= 15 is 0 Å². The van der Waals surface area contributed by atoms with E-state index in [1.54, 1.807) is 12.1 Å². The van der Waals surface area contributed by atoms with Gasteiger partial charge in [0.1, 0.15) is 6.54 Å². The van der Waals surface area contributed by atoms with E-state index < -0.39 is 5.91 Å². The minimum absolute atomic E-state index is 0.116. The number of hydrogen-bond donors (Lipinski definition) is 1. The minimum atomic E-state index is -0.454. The lowest BCUT2D eigenvalue weighted by atomic mass is 9.63. The molecule has 0 spiro atoms. The van der Waals surface area contributed by atoms with Gasteiger partial charge >= 0.3 is 0 Å². The predicted octanol–water partition coefficient (Wildman–Crippen LogP) is 3.13.